The van der Waals surface area contributed by atoms with Gasteiger partial charge >= 0.3 is 0 Å². The third-order valence-electron chi connectivity index (χ3n) is 5.53. The van der Waals surface area contributed by atoms with Crippen LogP contribution < -0.4 is 24.3 Å². The fourth-order valence-corrected chi connectivity index (χ4v) is 3.79. The Morgan fingerprint density at radius 3 is 2.47 bits per heavy atom. The second-order valence-corrected chi connectivity index (χ2v) is 8.34. The number of pyridine rings is 1. The number of amides is 1. The number of nitrogens with zero attached hydrogens (tertiary/aromatic N) is 1. The molecule has 2 aromatic carbocycles. The lowest BCUT2D eigenvalue weighted by molar-refractivity contribution is 0.0924. The van der Waals surface area contributed by atoms with Crippen LogP contribution in [0.15, 0.2) is 60.9 Å². The first-order chi connectivity index (χ1) is 16.5. The van der Waals surface area contributed by atoms with Crippen molar-refractivity contribution in [2.24, 2.45) is 5.92 Å². The number of nitrogens with one attached hydrogen (secondary N) is 1. The second kappa shape index (κ2) is 10.9. The van der Waals surface area contributed by atoms with E-state index in [9.17, 15) is 4.79 Å². The van der Waals surface area contributed by atoms with E-state index >= 15 is 0 Å². The number of carbonyl (C=O) groups is 1. The van der Waals surface area contributed by atoms with Gasteiger partial charge in [0, 0.05) is 18.0 Å². The van der Waals surface area contributed by atoms with Crippen LogP contribution in [0, 0.1) is 5.92 Å². The maximum Gasteiger partial charge on any atom is 0.251 e. The van der Waals surface area contributed by atoms with Crippen LogP contribution in [0.3, 0.4) is 0 Å². The maximum atomic E-state index is 13.2. The molecule has 0 radical (unpaired) electrons. The van der Waals surface area contributed by atoms with Crippen LogP contribution in [0.25, 0.3) is 0 Å². The average molecular weight is 463 g/mol. The number of ether oxygens (including phenoxy) is 4. The smallest absolute Gasteiger partial charge is 0.251 e. The number of aromatic nitrogens is 1. The van der Waals surface area contributed by atoms with Gasteiger partial charge in [-0.3, -0.25) is 9.78 Å². The summed E-state index contributed by atoms with van der Waals surface area (Å²) in [4.78, 5) is 17.2. The first-order valence-electron chi connectivity index (χ1n) is 11.5. The Hall–Kier alpha value is -3.74. The molecule has 1 N–H and O–H groups in total. The summed E-state index contributed by atoms with van der Waals surface area (Å²) in [5.74, 6) is 2.54. The highest BCUT2D eigenvalue weighted by molar-refractivity contribution is 5.95. The lowest BCUT2D eigenvalue weighted by Gasteiger charge is -2.25. The van der Waals surface area contributed by atoms with Crippen LogP contribution in [0.4, 0.5) is 0 Å². The van der Waals surface area contributed by atoms with Crippen LogP contribution in [0.2, 0.25) is 0 Å². The van der Waals surface area contributed by atoms with Crippen LogP contribution in [-0.2, 0) is 6.61 Å². The fraction of sp³-hybridized carbons (Fsp3) is 0.333. The van der Waals surface area contributed by atoms with Crippen molar-refractivity contribution in [3.05, 3.63) is 77.6 Å². The van der Waals surface area contributed by atoms with Crippen molar-refractivity contribution in [3.63, 3.8) is 0 Å². The number of fused-ring (bicyclic) bond motifs is 1. The predicted molar refractivity (Wildman–Crippen MR) is 129 cm³/mol. The van der Waals surface area contributed by atoms with Crippen LogP contribution in [0.1, 0.15) is 48.3 Å². The van der Waals surface area contributed by atoms with E-state index in [2.05, 4.69) is 24.1 Å². The van der Waals surface area contributed by atoms with Crippen LogP contribution in [-0.4, -0.2) is 30.7 Å². The van der Waals surface area contributed by atoms with E-state index < -0.39 is 0 Å². The zero-order valence-corrected chi connectivity index (χ0v) is 19.7. The van der Waals surface area contributed by atoms with Gasteiger partial charge in [-0.25, -0.2) is 0 Å². The quantitative estimate of drug-likeness (QED) is 0.484. The molecule has 0 bridgehead atoms. The molecule has 0 saturated heterocycles. The van der Waals surface area contributed by atoms with Gasteiger partial charge in [-0.2, -0.15) is 0 Å². The molecule has 7 heteroatoms. The minimum absolute atomic E-state index is 0.167. The summed E-state index contributed by atoms with van der Waals surface area (Å²) >= 11 is 0. The molecule has 0 unspecified atom stereocenters. The van der Waals surface area contributed by atoms with Crippen molar-refractivity contribution in [3.8, 4) is 23.0 Å². The number of hydrogen-bond acceptors (Lipinski definition) is 6. The second-order valence-electron chi connectivity index (χ2n) is 8.34. The third kappa shape index (κ3) is 5.60. The highest BCUT2D eigenvalue weighted by Crippen LogP contribution is 2.35. The zero-order valence-electron chi connectivity index (χ0n) is 19.7. The molecule has 34 heavy (non-hydrogen) atoms. The summed E-state index contributed by atoms with van der Waals surface area (Å²) in [6.07, 6.45) is 3.45. The van der Waals surface area contributed by atoms with E-state index in [1.807, 2.05) is 37.3 Å². The Bertz CT molecular complexity index is 1120. The van der Waals surface area contributed by atoms with Gasteiger partial charge in [0.25, 0.3) is 5.91 Å². The molecule has 7 nitrogen and oxygen atoms in total. The van der Waals surface area contributed by atoms with Crippen LogP contribution >= 0.6 is 0 Å². The Labute approximate surface area is 200 Å². The van der Waals surface area contributed by atoms with E-state index in [1.54, 1.807) is 30.6 Å². The summed E-state index contributed by atoms with van der Waals surface area (Å²) in [7, 11) is 0. The van der Waals surface area contributed by atoms with Gasteiger partial charge in [0.05, 0.1) is 12.6 Å². The molecule has 3 aromatic rings. The van der Waals surface area contributed by atoms with Gasteiger partial charge in [-0.15, -0.1) is 0 Å². The summed E-state index contributed by atoms with van der Waals surface area (Å²) in [6, 6.07) is 14.7. The van der Waals surface area contributed by atoms with E-state index in [-0.39, 0.29) is 17.9 Å². The first kappa shape index (κ1) is 23.4. The highest BCUT2D eigenvalue weighted by Gasteiger charge is 2.23. The minimum atomic E-state index is -0.193. The fourth-order valence-electron chi connectivity index (χ4n) is 3.79. The Morgan fingerprint density at radius 1 is 0.971 bits per heavy atom. The van der Waals surface area contributed by atoms with Gasteiger partial charge in [0.15, 0.2) is 23.0 Å². The highest BCUT2D eigenvalue weighted by atomic mass is 16.6. The normalized spacial score (nSPS) is 13.3. The van der Waals surface area contributed by atoms with Gasteiger partial charge < -0.3 is 24.3 Å². The SMILES string of the molecule is CCOc1cc(C(=O)N[C@H](c2ccc3c(c2)OCCO3)C(C)C)ccc1OCc1ccncc1. The first-order valence-corrected chi connectivity index (χ1v) is 11.5. The molecule has 1 aliphatic rings. The molecular formula is C27H30N2O5. The van der Waals surface area contributed by atoms with Crippen molar-refractivity contribution < 1.29 is 23.7 Å². The lowest BCUT2D eigenvalue weighted by atomic mass is 9.95. The van der Waals surface area contributed by atoms with E-state index in [0.29, 0.717) is 49.2 Å². The Balaban J connectivity index is 1.51. The molecule has 1 aromatic heterocycles. The Kier molecular flexibility index (Phi) is 7.52. The largest absolute Gasteiger partial charge is 0.490 e. The molecule has 4 rings (SSSR count). The molecule has 1 atom stereocenters. The van der Waals surface area contributed by atoms with Crippen molar-refractivity contribution in [2.45, 2.75) is 33.4 Å². The summed E-state index contributed by atoms with van der Waals surface area (Å²) in [6.45, 7) is 7.95. The average Bonchev–Trinajstić information content (AvgIpc) is 2.86. The van der Waals surface area contributed by atoms with E-state index in [4.69, 9.17) is 18.9 Å². The molecule has 0 fully saturated rings. The van der Waals surface area contributed by atoms with Crippen molar-refractivity contribution in [2.75, 3.05) is 19.8 Å². The predicted octanol–water partition coefficient (Wildman–Crippen LogP) is 4.96. The molecule has 1 amide bonds. The van der Waals surface area contributed by atoms with Crippen molar-refractivity contribution in [1.29, 1.82) is 0 Å². The summed E-state index contributed by atoms with van der Waals surface area (Å²) in [5, 5.41) is 3.16. The van der Waals surface area contributed by atoms with Crippen LogP contribution in [0.5, 0.6) is 23.0 Å². The zero-order chi connectivity index (χ0) is 23.9. The molecule has 2 heterocycles. The number of benzene rings is 2. The summed E-state index contributed by atoms with van der Waals surface area (Å²) in [5.41, 5.74) is 2.47. The minimum Gasteiger partial charge on any atom is -0.490 e. The standard InChI is InChI=1S/C27H30N2O5/c1-4-31-24-16-21(6-8-23(24)34-17-19-9-11-28-12-10-19)27(30)29-26(18(2)3)20-5-7-22-25(15-20)33-14-13-32-22/h5-12,15-16,18,26H,4,13-14,17H2,1-3H3,(H,29,30)/t26-/m0/s1. The molecule has 0 saturated carbocycles. The monoisotopic (exact) mass is 462 g/mol. The molecule has 178 valence electrons. The van der Waals surface area contributed by atoms with Gasteiger partial charge in [-0.1, -0.05) is 19.9 Å². The summed E-state index contributed by atoms with van der Waals surface area (Å²) < 4.78 is 23.1. The Morgan fingerprint density at radius 2 is 1.74 bits per heavy atom. The van der Waals surface area contributed by atoms with Gasteiger partial charge in [0.2, 0.25) is 0 Å². The number of rotatable bonds is 9. The molecule has 0 spiro atoms. The van der Waals surface area contributed by atoms with Gasteiger partial charge in [-0.05, 0) is 66.4 Å². The lowest BCUT2D eigenvalue weighted by Crippen LogP contribution is -2.32. The van der Waals surface area contributed by atoms with Crippen molar-refractivity contribution in [1.82, 2.24) is 10.3 Å². The van der Waals surface area contributed by atoms with E-state index in [0.717, 1.165) is 16.9 Å². The topological polar surface area (TPSA) is 78.9 Å². The third-order valence-corrected chi connectivity index (χ3v) is 5.53. The van der Waals surface area contributed by atoms with Crippen molar-refractivity contribution >= 4 is 5.91 Å². The molecule has 0 aliphatic carbocycles. The molecule has 1 aliphatic heterocycles. The number of hydrogen-bond donors (Lipinski definition) is 1. The van der Waals surface area contributed by atoms with Gasteiger partial charge in [0.1, 0.15) is 19.8 Å². The molecular weight excluding hydrogens is 432 g/mol. The number of carbonyl (C=O) groups excluding carboxylic acids is 1. The maximum absolute atomic E-state index is 13.2. The van der Waals surface area contributed by atoms with E-state index in [1.165, 1.54) is 0 Å².